The second-order valence-electron chi connectivity index (χ2n) is 3.33. The number of hydrazine groups is 1. The van der Waals surface area contributed by atoms with Crippen molar-refractivity contribution in [3.05, 3.63) is 0 Å². The fraction of sp³-hybridized carbons (Fsp3) is 0.750. The zero-order valence-electron chi connectivity index (χ0n) is 7.53. The van der Waals surface area contributed by atoms with Crippen LogP contribution in [0.25, 0.3) is 0 Å². The standard InChI is InChI=1S/C8H15N3O/c1-7(2)3-4-11-8(5-12)9-6-10-11/h5-8H,3-4H2,1-2H3,(H,9,10). The van der Waals surface area contributed by atoms with Crippen molar-refractivity contribution in [1.29, 1.82) is 0 Å². The first kappa shape index (κ1) is 9.19. The molecule has 12 heavy (non-hydrogen) atoms. The summed E-state index contributed by atoms with van der Waals surface area (Å²) in [7, 11) is 0. The Bertz CT molecular complexity index is 179. The van der Waals surface area contributed by atoms with E-state index in [4.69, 9.17) is 0 Å². The first-order valence-corrected chi connectivity index (χ1v) is 4.24. The summed E-state index contributed by atoms with van der Waals surface area (Å²) in [5.41, 5.74) is 2.92. The third-order valence-corrected chi connectivity index (χ3v) is 1.84. The number of rotatable bonds is 4. The zero-order chi connectivity index (χ0) is 8.97. The number of aldehydes is 1. The molecule has 0 aliphatic carbocycles. The average molecular weight is 169 g/mol. The number of nitrogens with one attached hydrogen (secondary N) is 1. The lowest BCUT2D eigenvalue weighted by Gasteiger charge is -2.19. The molecule has 1 unspecified atom stereocenters. The highest BCUT2D eigenvalue weighted by atomic mass is 16.1. The fourth-order valence-corrected chi connectivity index (χ4v) is 1.04. The monoisotopic (exact) mass is 169 g/mol. The lowest BCUT2D eigenvalue weighted by atomic mass is 10.1. The van der Waals surface area contributed by atoms with Crippen LogP contribution in [0.3, 0.4) is 0 Å². The Morgan fingerprint density at radius 1 is 1.75 bits per heavy atom. The fourth-order valence-electron chi connectivity index (χ4n) is 1.04. The Balaban J connectivity index is 2.28. The molecule has 1 aliphatic rings. The first-order valence-electron chi connectivity index (χ1n) is 4.24. The van der Waals surface area contributed by atoms with Crippen LogP contribution in [0.4, 0.5) is 0 Å². The minimum atomic E-state index is -0.316. The third-order valence-electron chi connectivity index (χ3n) is 1.84. The van der Waals surface area contributed by atoms with Gasteiger partial charge in [-0.2, -0.15) is 5.01 Å². The van der Waals surface area contributed by atoms with E-state index in [-0.39, 0.29) is 6.17 Å². The quantitative estimate of drug-likeness (QED) is 0.620. The molecule has 0 fully saturated rings. The molecule has 0 amide bonds. The minimum Gasteiger partial charge on any atom is -0.307 e. The zero-order valence-corrected chi connectivity index (χ0v) is 7.53. The summed E-state index contributed by atoms with van der Waals surface area (Å²) in [4.78, 5) is 14.4. The molecule has 1 N–H and O–H groups in total. The highest BCUT2D eigenvalue weighted by Gasteiger charge is 2.19. The number of hydrogen-bond acceptors (Lipinski definition) is 4. The molecule has 4 heteroatoms. The van der Waals surface area contributed by atoms with Crippen LogP contribution in [0, 0.1) is 5.92 Å². The molecule has 0 bridgehead atoms. The highest BCUT2D eigenvalue weighted by molar-refractivity contribution is 5.66. The number of aliphatic imine (C=N–C) groups is 1. The summed E-state index contributed by atoms with van der Waals surface area (Å²) in [6, 6.07) is 0. The minimum absolute atomic E-state index is 0.316. The summed E-state index contributed by atoms with van der Waals surface area (Å²) >= 11 is 0. The molecule has 0 saturated heterocycles. The van der Waals surface area contributed by atoms with Gasteiger partial charge in [-0.1, -0.05) is 13.8 Å². The van der Waals surface area contributed by atoms with Crippen molar-refractivity contribution in [2.45, 2.75) is 26.4 Å². The molecular formula is C8H15N3O. The Morgan fingerprint density at radius 3 is 3.08 bits per heavy atom. The first-order chi connectivity index (χ1) is 5.74. The van der Waals surface area contributed by atoms with Crippen molar-refractivity contribution in [1.82, 2.24) is 10.4 Å². The van der Waals surface area contributed by atoms with E-state index in [1.54, 1.807) is 6.34 Å². The smallest absolute Gasteiger partial charge is 0.176 e. The van der Waals surface area contributed by atoms with E-state index in [1.165, 1.54) is 0 Å². The molecule has 0 radical (unpaired) electrons. The summed E-state index contributed by atoms with van der Waals surface area (Å²) in [5, 5.41) is 1.84. The largest absolute Gasteiger partial charge is 0.307 e. The molecule has 1 atom stereocenters. The van der Waals surface area contributed by atoms with Gasteiger partial charge in [-0.3, -0.25) is 4.79 Å². The van der Waals surface area contributed by atoms with Gasteiger partial charge in [0.1, 0.15) is 0 Å². The van der Waals surface area contributed by atoms with E-state index in [0.29, 0.717) is 5.92 Å². The Kier molecular flexibility index (Phi) is 3.22. The van der Waals surface area contributed by atoms with Gasteiger partial charge in [0.25, 0.3) is 0 Å². The molecule has 0 aromatic carbocycles. The van der Waals surface area contributed by atoms with E-state index in [0.717, 1.165) is 19.3 Å². The summed E-state index contributed by atoms with van der Waals surface area (Å²) in [5.74, 6) is 0.653. The second-order valence-corrected chi connectivity index (χ2v) is 3.33. The van der Waals surface area contributed by atoms with Crippen LogP contribution >= 0.6 is 0 Å². The van der Waals surface area contributed by atoms with Gasteiger partial charge in [0.15, 0.2) is 12.5 Å². The van der Waals surface area contributed by atoms with Crippen LogP contribution in [0.1, 0.15) is 20.3 Å². The number of carbonyl (C=O) groups is 1. The molecule has 1 rings (SSSR count). The van der Waals surface area contributed by atoms with Crippen LogP contribution in [-0.2, 0) is 4.79 Å². The maximum absolute atomic E-state index is 10.5. The van der Waals surface area contributed by atoms with Crippen molar-refractivity contribution in [3.63, 3.8) is 0 Å². The van der Waals surface area contributed by atoms with Crippen molar-refractivity contribution in [2.24, 2.45) is 10.9 Å². The van der Waals surface area contributed by atoms with Gasteiger partial charge < -0.3 is 5.43 Å². The van der Waals surface area contributed by atoms with Crippen molar-refractivity contribution >= 4 is 12.6 Å². The molecular weight excluding hydrogens is 154 g/mol. The summed E-state index contributed by atoms with van der Waals surface area (Å²) in [6.07, 6.45) is 3.17. The Hall–Kier alpha value is -0.900. The molecule has 0 spiro atoms. The summed E-state index contributed by atoms with van der Waals surface area (Å²) in [6.45, 7) is 5.18. The van der Waals surface area contributed by atoms with Gasteiger partial charge in [-0.15, -0.1) is 0 Å². The van der Waals surface area contributed by atoms with Gasteiger partial charge in [0, 0.05) is 6.54 Å². The van der Waals surface area contributed by atoms with E-state index < -0.39 is 0 Å². The van der Waals surface area contributed by atoms with Crippen LogP contribution in [0.15, 0.2) is 4.99 Å². The van der Waals surface area contributed by atoms with Crippen LogP contribution in [0.5, 0.6) is 0 Å². The van der Waals surface area contributed by atoms with Crippen LogP contribution < -0.4 is 5.43 Å². The lowest BCUT2D eigenvalue weighted by Crippen LogP contribution is -2.40. The number of hydrogen-bond donors (Lipinski definition) is 1. The van der Waals surface area contributed by atoms with Gasteiger partial charge in [0.2, 0.25) is 0 Å². The summed E-state index contributed by atoms with van der Waals surface area (Å²) < 4.78 is 0. The van der Waals surface area contributed by atoms with Crippen LogP contribution in [-0.4, -0.2) is 30.3 Å². The van der Waals surface area contributed by atoms with Gasteiger partial charge in [0.05, 0.1) is 6.34 Å². The van der Waals surface area contributed by atoms with Crippen molar-refractivity contribution < 1.29 is 4.79 Å². The molecule has 0 aromatic rings. The molecule has 0 saturated carbocycles. The van der Waals surface area contributed by atoms with Gasteiger partial charge in [-0.25, -0.2) is 4.99 Å². The molecule has 1 aliphatic heterocycles. The van der Waals surface area contributed by atoms with Crippen molar-refractivity contribution in [3.8, 4) is 0 Å². The molecule has 1 heterocycles. The third kappa shape index (κ3) is 2.30. The van der Waals surface area contributed by atoms with E-state index in [1.807, 2.05) is 5.01 Å². The SMILES string of the molecule is CC(C)CCN1NC=NC1C=O. The lowest BCUT2D eigenvalue weighted by molar-refractivity contribution is -0.112. The molecule has 68 valence electrons. The topological polar surface area (TPSA) is 44.7 Å². The maximum atomic E-state index is 10.5. The normalized spacial score (nSPS) is 23.1. The highest BCUT2D eigenvalue weighted by Crippen LogP contribution is 2.05. The molecule has 0 aromatic heterocycles. The van der Waals surface area contributed by atoms with Crippen molar-refractivity contribution in [2.75, 3.05) is 6.54 Å². The predicted octanol–water partition coefficient (Wildman–Crippen LogP) is 0.406. The van der Waals surface area contributed by atoms with E-state index >= 15 is 0 Å². The number of carbonyl (C=O) groups excluding carboxylic acids is 1. The van der Waals surface area contributed by atoms with E-state index in [2.05, 4.69) is 24.3 Å². The number of nitrogens with zero attached hydrogens (tertiary/aromatic N) is 2. The van der Waals surface area contributed by atoms with Crippen LogP contribution in [0.2, 0.25) is 0 Å². The van der Waals surface area contributed by atoms with Gasteiger partial charge in [-0.05, 0) is 12.3 Å². The Morgan fingerprint density at radius 2 is 2.50 bits per heavy atom. The van der Waals surface area contributed by atoms with E-state index in [9.17, 15) is 4.79 Å². The predicted molar refractivity (Wildman–Crippen MR) is 47.6 cm³/mol. The molecule has 4 nitrogen and oxygen atoms in total. The Labute approximate surface area is 72.6 Å². The maximum Gasteiger partial charge on any atom is 0.176 e. The average Bonchev–Trinajstić information content (AvgIpc) is 2.47. The second kappa shape index (κ2) is 4.21. The van der Waals surface area contributed by atoms with Gasteiger partial charge >= 0.3 is 0 Å².